The molecular formula is C14H24O6. The van der Waals surface area contributed by atoms with Crippen LogP contribution in [0.15, 0.2) is 0 Å². The molecule has 0 N–H and O–H groups in total. The van der Waals surface area contributed by atoms with Crippen LogP contribution in [0.5, 0.6) is 0 Å². The van der Waals surface area contributed by atoms with E-state index in [0.717, 1.165) is 0 Å². The Balaban J connectivity index is 3.82. The first-order valence-corrected chi connectivity index (χ1v) is 6.38. The first-order valence-electron chi connectivity index (χ1n) is 6.38. The molecule has 0 saturated carbocycles. The summed E-state index contributed by atoms with van der Waals surface area (Å²) >= 11 is 0. The lowest BCUT2D eigenvalue weighted by Crippen LogP contribution is -2.27. The van der Waals surface area contributed by atoms with Gasteiger partial charge in [-0.3, -0.25) is 9.59 Å². The molecule has 0 aliphatic heterocycles. The van der Waals surface area contributed by atoms with Gasteiger partial charge >= 0.3 is 11.9 Å². The molecule has 0 aliphatic rings. The number of ketones is 1. The van der Waals surface area contributed by atoms with E-state index in [1.54, 1.807) is 41.5 Å². The van der Waals surface area contributed by atoms with Crippen molar-refractivity contribution in [1.29, 1.82) is 0 Å². The highest BCUT2D eigenvalue weighted by atomic mass is 16.7. The van der Waals surface area contributed by atoms with Crippen LogP contribution in [0.2, 0.25) is 0 Å². The molecule has 0 atom stereocenters. The van der Waals surface area contributed by atoms with Crippen molar-refractivity contribution in [3.8, 4) is 0 Å². The van der Waals surface area contributed by atoms with Gasteiger partial charge in [0, 0.05) is 5.41 Å². The maximum Gasteiger partial charge on any atom is 0.334 e. The summed E-state index contributed by atoms with van der Waals surface area (Å²) in [5.41, 5.74) is -1.16. The Hall–Kier alpha value is -1.43. The van der Waals surface area contributed by atoms with Crippen LogP contribution in [0.1, 0.15) is 41.5 Å². The Bertz CT molecular complexity index is 325. The van der Waals surface area contributed by atoms with Crippen LogP contribution in [-0.4, -0.2) is 37.7 Å². The average molecular weight is 288 g/mol. The summed E-state index contributed by atoms with van der Waals surface area (Å²) in [6.45, 7) is 9.42. The minimum atomic E-state index is -0.687. The number of ether oxygens (including phenoxy) is 3. The van der Waals surface area contributed by atoms with Gasteiger partial charge in [-0.05, 0) is 20.8 Å². The van der Waals surface area contributed by atoms with Gasteiger partial charge in [-0.1, -0.05) is 20.8 Å². The molecular weight excluding hydrogens is 264 g/mol. The van der Waals surface area contributed by atoms with Crippen molar-refractivity contribution in [3.63, 3.8) is 0 Å². The molecule has 0 aromatic rings. The molecule has 0 unspecified atom stereocenters. The number of carbonyl (C=O) groups excluding carboxylic acids is 3. The van der Waals surface area contributed by atoms with Crippen LogP contribution < -0.4 is 0 Å². The van der Waals surface area contributed by atoms with E-state index in [-0.39, 0.29) is 19.0 Å². The Labute approximate surface area is 119 Å². The quantitative estimate of drug-likeness (QED) is 0.547. The number of esters is 2. The molecule has 6 heteroatoms. The summed E-state index contributed by atoms with van der Waals surface area (Å²) in [5.74, 6) is -1.26. The largest absolute Gasteiger partial charge is 0.427 e. The molecule has 6 nitrogen and oxygen atoms in total. The fourth-order valence-electron chi connectivity index (χ4n) is 0.850. The lowest BCUT2D eigenvalue weighted by molar-refractivity contribution is -0.175. The van der Waals surface area contributed by atoms with Gasteiger partial charge in [0.1, 0.15) is 13.2 Å². The number of Topliss-reactive ketones (excluding diaryl/α,β-unsaturated/α-hetero) is 1. The first-order chi connectivity index (χ1) is 8.94. The number of rotatable bonds is 6. The van der Waals surface area contributed by atoms with Crippen molar-refractivity contribution in [3.05, 3.63) is 0 Å². The van der Waals surface area contributed by atoms with Crippen molar-refractivity contribution in [1.82, 2.24) is 0 Å². The van der Waals surface area contributed by atoms with Gasteiger partial charge in [0.25, 0.3) is 0 Å². The molecule has 0 heterocycles. The van der Waals surface area contributed by atoms with Crippen LogP contribution in [0, 0.1) is 10.8 Å². The van der Waals surface area contributed by atoms with Gasteiger partial charge in [-0.25, -0.2) is 4.79 Å². The Morgan fingerprint density at radius 1 is 0.800 bits per heavy atom. The Morgan fingerprint density at radius 3 is 1.80 bits per heavy atom. The smallest absolute Gasteiger partial charge is 0.334 e. The maximum atomic E-state index is 11.5. The van der Waals surface area contributed by atoms with Crippen molar-refractivity contribution in [2.45, 2.75) is 41.5 Å². The molecule has 0 spiro atoms. The van der Waals surface area contributed by atoms with E-state index in [4.69, 9.17) is 9.47 Å². The number of hydrogen-bond acceptors (Lipinski definition) is 6. The van der Waals surface area contributed by atoms with Gasteiger partial charge in [0.15, 0.2) is 5.78 Å². The van der Waals surface area contributed by atoms with Crippen molar-refractivity contribution in [2.24, 2.45) is 10.8 Å². The highest BCUT2D eigenvalue weighted by Crippen LogP contribution is 2.15. The van der Waals surface area contributed by atoms with E-state index in [9.17, 15) is 14.4 Å². The molecule has 0 fully saturated rings. The van der Waals surface area contributed by atoms with E-state index in [1.807, 2.05) is 0 Å². The highest BCUT2D eigenvalue weighted by Gasteiger charge is 2.23. The monoisotopic (exact) mass is 288 g/mol. The first kappa shape index (κ1) is 18.6. The summed E-state index contributed by atoms with van der Waals surface area (Å²) in [4.78, 5) is 34.1. The van der Waals surface area contributed by atoms with Gasteiger partial charge in [0.2, 0.25) is 6.79 Å². The van der Waals surface area contributed by atoms with Crippen LogP contribution >= 0.6 is 0 Å². The zero-order chi connectivity index (χ0) is 16.0. The van der Waals surface area contributed by atoms with Crippen molar-refractivity contribution in [2.75, 3.05) is 20.0 Å². The summed E-state index contributed by atoms with van der Waals surface area (Å²) in [5, 5.41) is 0. The third-order valence-corrected chi connectivity index (χ3v) is 2.31. The fourth-order valence-corrected chi connectivity index (χ4v) is 0.850. The lowest BCUT2D eigenvalue weighted by Gasteiger charge is -2.17. The molecule has 0 amide bonds. The summed E-state index contributed by atoms with van der Waals surface area (Å²) in [6, 6.07) is 0. The minimum absolute atomic E-state index is 0.107. The van der Waals surface area contributed by atoms with Crippen LogP contribution in [0.3, 0.4) is 0 Å². The second-order valence-electron chi connectivity index (χ2n) is 6.48. The average Bonchev–Trinajstić information content (AvgIpc) is 2.26. The summed E-state index contributed by atoms with van der Waals surface area (Å²) in [7, 11) is 0. The predicted molar refractivity (Wildman–Crippen MR) is 71.8 cm³/mol. The molecule has 0 aliphatic carbocycles. The van der Waals surface area contributed by atoms with Gasteiger partial charge < -0.3 is 14.2 Å². The molecule has 20 heavy (non-hydrogen) atoms. The Kier molecular flexibility index (Phi) is 6.85. The van der Waals surface area contributed by atoms with E-state index < -0.39 is 29.6 Å². The molecule has 0 saturated heterocycles. The van der Waals surface area contributed by atoms with Crippen LogP contribution in [-0.2, 0) is 28.6 Å². The molecule has 0 aromatic heterocycles. The highest BCUT2D eigenvalue weighted by molar-refractivity contribution is 5.85. The molecule has 0 aromatic carbocycles. The molecule has 0 radical (unpaired) electrons. The predicted octanol–water partition coefficient (Wildman–Crippen LogP) is 1.71. The molecule has 116 valence electrons. The van der Waals surface area contributed by atoms with Gasteiger partial charge in [-0.15, -0.1) is 0 Å². The zero-order valence-electron chi connectivity index (χ0n) is 13.1. The van der Waals surface area contributed by atoms with E-state index >= 15 is 0 Å². The van der Waals surface area contributed by atoms with E-state index in [1.165, 1.54) is 0 Å². The SMILES string of the molecule is CC(C)(C)C(=O)COCC(=O)OCOC(=O)C(C)(C)C. The van der Waals surface area contributed by atoms with Gasteiger partial charge in [-0.2, -0.15) is 0 Å². The molecule has 0 rings (SSSR count). The normalized spacial score (nSPS) is 11.9. The molecule has 0 bridgehead atoms. The number of hydrogen-bond donors (Lipinski definition) is 0. The topological polar surface area (TPSA) is 78.9 Å². The lowest BCUT2D eigenvalue weighted by atomic mass is 9.91. The second-order valence-corrected chi connectivity index (χ2v) is 6.48. The van der Waals surface area contributed by atoms with Crippen LogP contribution in [0.4, 0.5) is 0 Å². The third kappa shape index (κ3) is 7.89. The zero-order valence-corrected chi connectivity index (χ0v) is 13.1. The van der Waals surface area contributed by atoms with Crippen LogP contribution in [0.25, 0.3) is 0 Å². The van der Waals surface area contributed by atoms with Gasteiger partial charge in [0.05, 0.1) is 5.41 Å². The van der Waals surface area contributed by atoms with Crippen molar-refractivity contribution < 1.29 is 28.6 Å². The minimum Gasteiger partial charge on any atom is -0.427 e. The Morgan fingerprint density at radius 2 is 1.35 bits per heavy atom. The van der Waals surface area contributed by atoms with Crippen molar-refractivity contribution >= 4 is 17.7 Å². The van der Waals surface area contributed by atoms with E-state index in [2.05, 4.69) is 4.74 Å². The second kappa shape index (κ2) is 7.38. The summed E-state index contributed by atoms with van der Waals surface area (Å²) < 4.78 is 14.4. The third-order valence-electron chi connectivity index (χ3n) is 2.31. The summed E-state index contributed by atoms with van der Waals surface area (Å²) in [6.07, 6.45) is 0. The fraction of sp³-hybridized carbons (Fsp3) is 0.786. The maximum absolute atomic E-state index is 11.5. The number of carbonyl (C=O) groups is 3. The standard InChI is InChI=1S/C14H24O6/c1-13(2,3)10(15)7-18-8-11(16)19-9-20-12(17)14(4,5)6/h7-9H2,1-6H3. The van der Waals surface area contributed by atoms with E-state index in [0.29, 0.717) is 0 Å².